The molecule has 10 nitrogen and oxygen atoms in total. The van der Waals surface area contributed by atoms with Gasteiger partial charge in [0.2, 0.25) is 5.96 Å². The maximum absolute atomic E-state index is 12.2. The van der Waals surface area contributed by atoms with Gasteiger partial charge in [-0.25, -0.2) is 14.4 Å². The molecule has 0 radical (unpaired) electrons. The molecule has 0 aliphatic carbocycles. The Morgan fingerprint density at radius 3 is 1.72 bits per heavy atom. The van der Waals surface area contributed by atoms with Crippen molar-refractivity contribution in [2.45, 2.75) is 52.4 Å². The van der Waals surface area contributed by atoms with Gasteiger partial charge in [-0.3, -0.25) is 15.6 Å². The molecule has 0 bridgehead atoms. The lowest BCUT2D eigenvalue weighted by molar-refractivity contribution is 0.0527. The first kappa shape index (κ1) is 28.2. The molecule has 194 valence electrons. The number of nitrogens with one attached hydrogen (secondary N) is 3. The van der Waals surface area contributed by atoms with Crippen molar-refractivity contribution in [3.63, 3.8) is 0 Å². The summed E-state index contributed by atoms with van der Waals surface area (Å²) in [5.74, 6) is -0.0915. The first-order chi connectivity index (χ1) is 17.2. The minimum Gasteiger partial charge on any atom is -0.444 e. The molecule has 0 unspecified atom stereocenters. The number of aliphatic imine (C=N–C) groups is 1. The van der Waals surface area contributed by atoms with Crippen molar-refractivity contribution in [3.05, 3.63) is 71.8 Å². The summed E-state index contributed by atoms with van der Waals surface area (Å²) in [5.41, 5.74) is 1.07. The second-order valence-corrected chi connectivity index (χ2v) is 8.74. The van der Waals surface area contributed by atoms with Gasteiger partial charge in [-0.05, 0) is 44.7 Å². The molecule has 3 amide bonds. The Labute approximate surface area is 211 Å². The number of carbonyl (C=O) groups excluding carboxylic acids is 3. The van der Waals surface area contributed by atoms with E-state index in [0.717, 1.165) is 11.1 Å². The Hall–Kier alpha value is -4.08. The first-order valence-corrected chi connectivity index (χ1v) is 11.7. The average Bonchev–Trinajstić information content (AvgIpc) is 2.83. The van der Waals surface area contributed by atoms with Crippen LogP contribution in [0, 0.1) is 0 Å². The van der Waals surface area contributed by atoms with Crippen LogP contribution in [-0.4, -0.2) is 42.9 Å². The Bertz CT molecular complexity index is 931. The van der Waals surface area contributed by atoms with E-state index in [9.17, 15) is 14.4 Å². The number of alkyl carbamates (subject to hydrolysis) is 3. The molecule has 0 fully saturated rings. The zero-order valence-corrected chi connectivity index (χ0v) is 20.9. The fourth-order valence-electron chi connectivity index (χ4n) is 2.75. The predicted molar refractivity (Wildman–Crippen MR) is 135 cm³/mol. The lowest BCUT2D eigenvalue weighted by atomic mass is 10.2. The van der Waals surface area contributed by atoms with E-state index in [1.165, 1.54) is 0 Å². The van der Waals surface area contributed by atoms with Crippen LogP contribution in [-0.2, 0) is 27.4 Å². The molecule has 2 aromatic rings. The number of carbonyl (C=O) groups is 3. The number of hydrogen-bond donors (Lipinski definition) is 3. The van der Waals surface area contributed by atoms with Crippen LogP contribution in [0.4, 0.5) is 14.4 Å². The maximum atomic E-state index is 12.2. The summed E-state index contributed by atoms with van der Waals surface area (Å²) in [4.78, 5) is 40.4. The van der Waals surface area contributed by atoms with Gasteiger partial charge in [-0.1, -0.05) is 60.7 Å². The summed E-state index contributed by atoms with van der Waals surface area (Å²) >= 11 is 0. The number of rotatable bonds is 9. The van der Waals surface area contributed by atoms with Gasteiger partial charge in [0.1, 0.15) is 18.8 Å². The van der Waals surface area contributed by atoms with Gasteiger partial charge in [0, 0.05) is 13.1 Å². The second-order valence-electron chi connectivity index (χ2n) is 8.74. The Morgan fingerprint density at radius 2 is 1.25 bits per heavy atom. The van der Waals surface area contributed by atoms with Crippen molar-refractivity contribution in [2.75, 3.05) is 13.1 Å². The molecule has 0 aromatic heterocycles. The van der Waals surface area contributed by atoms with E-state index >= 15 is 0 Å². The zero-order valence-electron chi connectivity index (χ0n) is 20.9. The summed E-state index contributed by atoms with van der Waals surface area (Å²) in [7, 11) is 0. The van der Waals surface area contributed by atoms with Gasteiger partial charge in [0.05, 0.1) is 0 Å². The smallest absolute Gasteiger partial charge is 0.414 e. The molecule has 0 spiro atoms. The van der Waals surface area contributed by atoms with Crippen LogP contribution in [0.5, 0.6) is 0 Å². The monoisotopic (exact) mass is 498 g/mol. The quantitative estimate of drug-likeness (QED) is 0.202. The normalized spacial score (nSPS) is 10.5. The summed E-state index contributed by atoms with van der Waals surface area (Å²) in [5, 5.41) is 7.54. The number of ether oxygens (including phenoxy) is 3. The van der Waals surface area contributed by atoms with Crippen LogP contribution < -0.4 is 16.0 Å². The molecule has 0 aliphatic heterocycles. The molecule has 0 saturated heterocycles. The molecule has 0 atom stereocenters. The van der Waals surface area contributed by atoms with E-state index in [0.29, 0.717) is 19.4 Å². The third kappa shape index (κ3) is 13.0. The van der Waals surface area contributed by atoms with Crippen molar-refractivity contribution in [3.8, 4) is 0 Å². The SMILES string of the molecule is CC(C)(C)OC(=O)NCCCCN=C(NC(=O)OCc1ccccc1)NC(=O)OCc1ccccc1. The highest BCUT2D eigenvalue weighted by molar-refractivity contribution is 6.01. The molecule has 2 rings (SSSR count). The Morgan fingerprint density at radius 1 is 0.750 bits per heavy atom. The lowest BCUT2D eigenvalue weighted by Crippen LogP contribution is -2.44. The van der Waals surface area contributed by atoms with E-state index in [2.05, 4.69) is 20.9 Å². The molecule has 36 heavy (non-hydrogen) atoms. The van der Waals surface area contributed by atoms with Gasteiger partial charge in [0.25, 0.3) is 0 Å². The highest BCUT2D eigenvalue weighted by atomic mass is 16.6. The van der Waals surface area contributed by atoms with Crippen LogP contribution in [0.3, 0.4) is 0 Å². The molecule has 0 aliphatic rings. The van der Waals surface area contributed by atoms with E-state index in [4.69, 9.17) is 14.2 Å². The minimum absolute atomic E-state index is 0.0642. The lowest BCUT2D eigenvalue weighted by Gasteiger charge is -2.19. The van der Waals surface area contributed by atoms with Crippen molar-refractivity contribution < 1.29 is 28.6 Å². The predicted octanol–water partition coefficient (Wildman–Crippen LogP) is 4.50. The molecule has 10 heteroatoms. The Balaban J connectivity index is 1.83. The van der Waals surface area contributed by atoms with Crippen molar-refractivity contribution in [2.24, 2.45) is 4.99 Å². The van der Waals surface area contributed by atoms with Crippen LogP contribution >= 0.6 is 0 Å². The summed E-state index contributed by atoms with van der Waals surface area (Å²) in [6.45, 7) is 6.18. The molecule has 2 aromatic carbocycles. The van der Waals surface area contributed by atoms with Gasteiger partial charge < -0.3 is 19.5 Å². The number of guanidine groups is 1. The number of hydrogen-bond acceptors (Lipinski definition) is 7. The number of benzene rings is 2. The molecular weight excluding hydrogens is 464 g/mol. The second kappa shape index (κ2) is 15.0. The van der Waals surface area contributed by atoms with E-state index in [1.54, 1.807) is 20.8 Å². The fraction of sp³-hybridized carbons (Fsp3) is 0.385. The molecule has 0 saturated carbocycles. The van der Waals surface area contributed by atoms with Crippen LogP contribution in [0.15, 0.2) is 65.7 Å². The number of unbranched alkanes of at least 4 members (excludes halogenated alkanes) is 1. The maximum Gasteiger partial charge on any atom is 0.414 e. The zero-order chi connectivity index (χ0) is 26.2. The summed E-state index contributed by atoms with van der Waals surface area (Å²) < 4.78 is 15.6. The van der Waals surface area contributed by atoms with Gasteiger partial charge in [-0.15, -0.1) is 0 Å². The molecule has 3 N–H and O–H groups in total. The summed E-state index contributed by atoms with van der Waals surface area (Å²) in [6, 6.07) is 18.4. The summed E-state index contributed by atoms with van der Waals surface area (Å²) in [6.07, 6.45) is -0.828. The molecular formula is C26H34N4O6. The fourth-order valence-corrected chi connectivity index (χ4v) is 2.75. The van der Waals surface area contributed by atoms with Crippen molar-refractivity contribution >= 4 is 24.2 Å². The number of amides is 3. The molecule has 0 heterocycles. The average molecular weight is 499 g/mol. The largest absolute Gasteiger partial charge is 0.444 e. The van der Waals surface area contributed by atoms with Crippen LogP contribution in [0.1, 0.15) is 44.7 Å². The van der Waals surface area contributed by atoms with E-state index in [1.807, 2.05) is 60.7 Å². The standard InChI is InChI=1S/C26H34N4O6/c1-26(2,3)36-23(31)28-17-11-10-16-27-22(29-24(32)34-18-20-12-6-4-7-13-20)30-25(33)35-19-21-14-8-5-9-15-21/h4-9,12-15H,10-11,16-19H2,1-3H3,(H,28,31)(H2,27,29,30,32,33). The van der Waals surface area contributed by atoms with Crippen LogP contribution in [0.2, 0.25) is 0 Å². The minimum atomic E-state index is -0.771. The van der Waals surface area contributed by atoms with E-state index in [-0.39, 0.29) is 25.7 Å². The number of nitrogens with zero attached hydrogens (tertiary/aromatic N) is 1. The topological polar surface area (TPSA) is 127 Å². The highest BCUT2D eigenvalue weighted by Gasteiger charge is 2.15. The van der Waals surface area contributed by atoms with Gasteiger partial charge in [-0.2, -0.15) is 0 Å². The Kier molecular flexibility index (Phi) is 11.8. The van der Waals surface area contributed by atoms with Gasteiger partial charge in [0.15, 0.2) is 0 Å². The first-order valence-electron chi connectivity index (χ1n) is 11.7. The third-order valence-corrected chi connectivity index (χ3v) is 4.39. The third-order valence-electron chi connectivity index (χ3n) is 4.39. The van der Waals surface area contributed by atoms with Gasteiger partial charge >= 0.3 is 18.3 Å². The van der Waals surface area contributed by atoms with Crippen molar-refractivity contribution in [1.82, 2.24) is 16.0 Å². The van der Waals surface area contributed by atoms with E-state index < -0.39 is 23.9 Å². The highest BCUT2D eigenvalue weighted by Crippen LogP contribution is 2.06. The van der Waals surface area contributed by atoms with Crippen molar-refractivity contribution in [1.29, 1.82) is 0 Å². The van der Waals surface area contributed by atoms with Crippen LogP contribution in [0.25, 0.3) is 0 Å².